The monoisotopic (exact) mass is 371 g/mol. The fourth-order valence-electron chi connectivity index (χ4n) is 5.08. The van der Waals surface area contributed by atoms with Crippen LogP contribution in [0.4, 0.5) is 0 Å². The van der Waals surface area contributed by atoms with Gasteiger partial charge in [0.2, 0.25) is 5.91 Å². The molecule has 1 spiro atoms. The van der Waals surface area contributed by atoms with Crippen molar-refractivity contribution in [1.82, 2.24) is 14.8 Å². The summed E-state index contributed by atoms with van der Waals surface area (Å²) >= 11 is 0. The molecule has 4 rings (SSSR count). The van der Waals surface area contributed by atoms with E-state index < -0.39 is 0 Å². The average Bonchev–Trinajstić information content (AvgIpc) is 2.91. The zero-order chi connectivity index (χ0) is 18.5. The summed E-state index contributed by atoms with van der Waals surface area (Å²) in [6.07, 6.45) is 11.9. The molecule has 5 nitrogen and oxygen atoms in total. The third-order valence-electron chi connectivity index (χ3n) is 6.74. The van der Waals surface area contributed by atoms with Crippen molar-refractivity contribution in [1.29, 1.82) is 0 Å². The lowest BCUT2D eigenvalue weighted by Gasteiger charge is -2.43. The molecule has 0 radical (unpaired) electrons. The largest absolute Gasteiger partial charge is 0.379 e. The van der Waals surface area contributed by atoms with Crippen molar-refractivity contribution in [2.75, 3.05) is 39.4 Å². The first-order valence-electron chi connectivity index (χ1n) is 10.7. The lowest BCUT2D eigenvalue weighted by atomic mass is 9.78. The predicted molar refractivity (Wildman–Crippen MR) is 105 cm³/mol. The summed E-state index contributed by atoms with van der Waals surface area (Å²) in [6, 6.07) is 4.16. The van der Waals surface area contributed by atoms with Crippen LogP contribution in [-0.4, -0.2) is 60.1 Å². The first kappa shape index (κ1) is 18.9. The molecular weight excluding hydrogens is 338 g/mol. The quantitative estimate of drug-likeness (QED) is 0.819. The van der Waals surface area contributed by atoms with Crippen molar-refractivity contribution in [3.05, 3.63) is 30.1 Å². The van der Waals surface area contributed by atoms with Gasteiger partial charge >= 0.3 is 0 Å². The van der Waals surface area contributed by atoms with Gasteiger partial charge in [-0.05, 0) is 37.3 Å². The highest BCUT2D eigenvalue weighted by Gasteiger charge is 2.40. The SMILES string of the molecule is O=C(C1CCCCC1)N1CCC2(CC1)COCCN(Cc1cccnc1)C2. The van der Waals surface area contributed by atoms with Crippen LogP contribution in [0.15, 0.2) is 24.5 Å². The molecule has 3 aliphatic rings. The number of pyridine rings is 1. The van der Waals surface area contributed by atoms with Crippen LogP contribution in [0.1, 0.15) is 50.5 Å². The molecule has 27 heavy (non-hydrogen) atoms. The Morgan fingerprint density at radius 2 is 2.00 bits per heavy atom. The molecule has 0 N–H and O–H groups in total. The second-order valence-electron chi connectivity index (χ2n) is 8.78. The lowest BCUT2D eigenvalue weighted by Crippen LogP contribution is -2.50. The molecule has 3 heterocycles. The fourth-order valence-corrected chi connectivity index (χ4v) is 5.08. The van der Waals surface area contributed by atoms with Gasteiger partial charge in [0.1, 0.15) is 0 Å². The van der Waals surface area contributed by atoms with Gasteiger partial charge in [-0.2, -0.15) is 0 Å². The van der Waals surface area contributed by atoms with Crippen LogP contribution in [0, 0.1) is 11.3 Å². The number of hydrogen-bond donors (Lipinski definition) is 0. The van der Waals surface area contributed by atoms with Crippen molar-refractivity contribution >= 4 is 5.91 Å². The van der Waals surface area contributed by atoms with Gasteiger partial charge in [0.05, 0.1) is 13.2 Å². The Balaban J connectivity index is 1.35. The summed E-state index contributed by atoms with van der Waals surface area (Å²) in [7, 11) is 0. The standard InChI is InChI=1S/C22H33N3O2/c26-21(20-6-2-1-3-7-20)25-11-8-22(9-12-25)17-24(13-14-27-18-22)16-19-5-4-10-23-15-19/h4-5,10,15,20H,1-3,6-9,11-14,16-18H2. The van der Waals surface area contributed by atoms with Crippen LogP contribution in [0.2, 0.25) is 0 Å². The van der Waals surface area contributed by atoms with Gasteiger partial charge in [-0.1, -0.05) is 25.3 Å². The maximum Gasteiger partial charge on any atom is 0.225 e. The number of rotatable bonds is 3. The number of hydrogen-bond acceptors (Lipinski definition) is 4. The number of carbonyl (C=O) groups is 1. The number of nitrogens with zero attached hydrogens (tertiary/aromatic N) is 3. The van der Waals surface area contributed by atoms with Crippen LogP contribution in [0.5, 0.6) is 0 Å². The highest BCUT2D eigenvalue weighted by molar-refractivity contribution is 5.79. The van der Waals surface area contributed by atoms with Crippen LogP contribution in [0.25, 0.3) is 0 Å². The second-order valence-corrected chi connectivity index (χ2v) is 8.78. The Labute approximate surface area is 163 Å². The van der Waals surface area contributed by atoms with Crippen LogP contribution < -0.4 is 0 Å². The number of ether oxygens (including phenoxy) is 1. The molecular formula is C22H33N3O2. The Bertz CT molecular complexity index is 607. The zero-order valence-electron chi connectivity index (χ0n) is 16.4. The topological polar surface area (TPSA) is 45.7 Å². The van der Waals surface area contributed by atoms with Gasteiger partial charge in [0, 0.05) is 56.5 Å². The van der Waals surface area contributed by atoms with E-state index in [1.807, 2.05) is 18.5 Å². The first-order chi connectivity index (χ1) is 13.2. The molecule has 1 aromatic heterocycles. The van der Waals surface area contributed by atoms with E-state index in [1.165, 1.54) is 24.8 Å². The van der Waals surface area contributed by atoms with Gasteiger partial charge < -0.3 is 9.64 Å². The van der Waals surface area contributed by atoms with E-state index >= 15 is 0 Å². The van der Waals surface area contributed by atoms with E-state index in [2.05, 4.69) is 20.9 Å². The number of piperidine rings is 1. The minimum atomic E-state index is 0.196. The molecule has 1 aromatic rings. The van der Waals surface area contributed by atoms with E-state index in [0.717, 1.165) is 71.6 Å². The maximum absolute atomic E-state index is 12.9. The molecule has 5 heteroatoms. The van der Waals surface area contributed by atoms with E-state index in [-0.39, 0.29) is 5.41 Å². The number of aromatic nitrogens is 1. The Kier molecular flexibility index (Phi) is 6.08. The first-order valence-corrected chi connectivity index (χ1v) is 10.7. The van der Waals surface area contributed by atoms with Crippen LogP contribution in [0.3, 0.4) is 0 Å². The number of likely N-dealkylation sites (tertiary alicyclic amines) is 1. The van der Waals surface area contributed by atoms with Gasteiger partial charge in [-0.3, -0.25) is 14.7 Å². The number of carbonyl (C=O) groups excluding carboxylic acids is 1. The minimum absolute atomic E-state index is 0.196. The van der Waals surface area contributed by atoms with E-state index in [9.17, 15) is 4.79 Å². The molecule has 0 atom stereocenters. The van der Waals surface area contributed by atoms with E-state index in [4.69, 9.17) is 4.74 Å². The van der Waals surface area contributed by atoms with Crippen LogP contribution in [-0.2, 0) is 16.1 Å². The van der Waals surface area contributed by atoms with Crippen LogP contribution >= 0.6 is 0 Å². The zero-order valence-corrected chi connectivity index (χ0v) is 16.4. The fraction of sp³-hybridized carbons (Fsp3) is 0.727. The van der Waals surface area contributed by atoms with Crippen molar-refractivity contribution < 1.29 is 9.53 Å². The van der Waals surface area contributed by atoms with Gasteiger partial charge in [-0.25, -0.2) is 0 Å². The molecule has 1 saturated carbocycles. The predicted octanol–water partition coefficient (Wildman–Crippen LogP) is 3.10. The van der Waals surface area contributed by atoms with Gasteiger partial charge in [0.25, 0.3) is 0 Å². The Hall–Kier alpha value is -1.46. The summed E-state index contributed by atoms with van der Waals surface area (Å²) in [6.45, 7) is 6.41. The molecule has 0 aromatic carbocycles. The van der Waals surface area contributed by atoms with Gasteiger partial charge in [-0.15, -0.1) is 0 Å². The normalized spacial score (nSPS) is 24.7. The Morgan fingerprint density at radius 1 is 1.19 bits per heavy atom. The summed E-state index contributed by atoms with van der Waals surface area (Å²) in [4.78, 5) is 21.8. The molecule has 2 aliphatic heterocycles. The summed E-state index contributed by atoms with van der Waals surface area (Å²) in [5.74, 6) is 0.714. The summed E-state index contributed by atoms with van der Waals surface area (Å²) < 4.78 is 6.01. The molecule has 1 amide bonds. The minimum Gasteiger partial charge on any atom is -0.379 e. The third-order valence-corrected chi connectivity index (χ3v) is 6.74. The number of amides is 1. The lowest BCUT2D eigenvalue weighted by molar-refractivity contribution is -0.139. The third kappa shape index (κ3) is 4.69. The Morgan fingerprint density at radius 3 is 2.74 bits per heavy atom. The molecule has 148 valence electrons. The molecule has 0 unspecified atom stereocenters. The van der Waals surface area contributed by atoms with Crippen molar-refractivity contribution in [2.45, 2.75) is 51.5 Å². The molecule has 0 bridgehead atoms. The smallest absolute Gasteiger partial charge is 0.225 e. The highest BCUT2D eigenvalue weighted by atomic mass is 16.5. The highest BCUT2D eigenvalue weighted by Crippen LogP contribution is 2.36. The summed E-state index contributed by atoms with van der Waals surface area (Å²) in [5.41, 5.74) is 1.46. The average molecular weight is 372 g/mol. The second kappa shape index (κ2) is 8.70. The molecule has 1 aliphatic carbocycles. The molecule has 2 saturated heterocycles. The molecule has 3 fully saturated rings. The van der Waals surface area contributed by atoms with Crippen molar-refractivity contribution in [3.63, 3.8) is 0 Å². The van der Waals surface area contributed by atoms with Gasteiger partial charge in [0.15, 0.2) is 0 Å². The van der Waals surface area contributed by atoms with E-state index in [0.29, 0.717) is 11.8 Å². The van der Waals surface area contributed by atoms with Crippen molar-refractivity contribution in [3.8, 4) is 0 Å². The maximum atomic E-state index is 12.9. The van der Waals surface area contributed by atoms with Crippen molar-refractivity contribution in [2.24, 2.45) is 11.3 Å². The summed E-state index contributed by atoms with van der Waals surface area (Å²) in [5, 5.41) is 0. The van der Waals surface area contributed by atoms with E-state index in [1.54, 1.807) is 0 Å².